The molecule has 2 heterocycles. The molecule has 1 aliphatic rings. The fourth-order valence-corrected chi connectivity index (χ4v) is 2.04. The van der Waals surface area contributed by atoms with E-state index in [1.165, 1.54) is 0 Å². The summed E-state index contributed by atoms with van der Waals surface area (Å²) in [6, 6.07) is 0.00137. The number of amides is 2. The Hall–Kier alpha value is -1.59. The van der Waals surface area contributed by atoms with Gasteiger partial charge in [0.25, 0.3) is 0 Å². The third-order valence-corrected chi connectivity index (χ3v) is 2.75. The van der Waals surface area contributed by atoms with Crippen molar-refractivity contribution >= 4 is 6.03 Å². The van der Waals surface area contributed by atoms with Gasteiger partial charge in [-0.2, -0.15) is 4.98 Å². The molecule has 0 aliphatic carbocycles. The van der Waals surface area contributed by atoms with Crippen LogP contribution in [0, 0.1) is 6.92 Å². The van der Waals surface area contributed by atoms with Gasteiger partial charge in [-0.05, 0) is 33.6 Å². The van der Waals surface area contributed by atoms with Crippen LogP contribution in [0.5, 0.6) is 0 Å². The van der Waals surface area contributed by atoms with Crippen molar-refractivity contribution in [2.75, 3.05) is 6.54 Å². The summed E-state index contributed by atoms with van der Waals surface area (Å²) >= 11 is 0. The molecule has 1 unspecified atom stereocenters. The van der Waals surface area contributed by atoms with Crippen molar-refractivity contribution < 1.29 is 9.32 Å². The molecule has 1 atom stereocenters. The van der Waals surface area contributed by atoms with Gasteiger partial charge in [0.2, 0.25) is 5.89 Å². The van der Waals surface area contributed by atoms with Crippen molar-refractivity contribution in [1.82, 2.24) is 20.4 Å². The van der Waals surface area contributed by atoms with Crippen LogP contribution in [0.2, 0.25) is 0 Å². The predicted octanol–water partition coefficient (Wildman–Crippen LogP) is 1.63. The average Bonchev–Trinajstić information content (AvgIpc) is 2.83. The fraction of sp³-hybridized carbons (Fsp3) is 0.727. The zero-order valence-electron chi connectivity index (χ0n) is 10.4. The van der Waals surface area contributed by atoms with Crippen LogP contribution in [0.15, 0.2) is 4.52 Å². The number of carbonyl (C=O) groups excluding carboxylic acids is 1. The van der Waals surface area contributed by atoms with E-state index in [1.807, 2.05) is 13.8 Å². The van der Waals surface area contributed by atoms with Crippen LogP contribution in [0.3, 0.4) is 0 Å². The van der Waals surface area contributed by atoms with Crippen molar-refractivity contribution in [3.05, 3.63) is 11.7 Å². The number of nitrogens with one attached hydrogen (secondary N) is 1. The van der Waals surface area contributed by atoms with Crippen LogP contribution in [0.1, 0.15) is 44.4 Å². The Morgan fingerprint density at radius 3 is 2.94 bits per heavy atom. The highest BCUT2D eigenvalue weighted by atomic mass is 16.5. The maximum atomic E-state index is 12.0. The highest BCUT2D eigenvalue weighted by Crippen LogP contribution is 2.30. The second-order valence-corrected chi connectivity index (χ2v) is 4.64. The molecule has 1 saturated heterocycles. The molecule has 2 amide bonds. The van der Waals surface area contributed by atoms with Gasteiger partial charge >= 0.3 is 6.03 Å². The fourth-order valence-electron chi connectivity index (χ4n) is 2.04. The quantitative estimate of drug-likeness (QED) is 0.850. The number of urea groups is 1. The maximum absolute atomic E-state index is 12.0. The van der Waals surface area contributed by atoms with E-state index in [4.69, 9.17) is 4.52 Å². The molecule has 0 bridgehead atoms. The minimum absolute atomic E-state index is 0.0571. The topological polar surface area (TPSA) is 71.3 Å². The summed E-state index contributed by atoms with van der Waals surface area (Å²) in [4.78, 5) is 17.9. The second kappa shape index (κ2) is 4.73. The van der Waals surface area contributed by atoms with Crippen LogP contribution in [-0.2, 0) is 0 Å². The zero-order valence-corrected chi connectivity index (χ0v) is 10.4. The zero-order chi connectivity index (χ0) is 12.4. The molecule has 0 aromatic carbocycles. The standard InChI is InChI=1S/C11H18N4O2/c1-7(2)12-11(16)15-6-4-5-9(15)10-13-8(3)14-17-10/h7,9H,4-6H2,1-3H3,(H,12,16). The van der Waals surface area contributed by atoms with E-state index < -0.39 is 0 Å². The largest absolute Gasteiger partial charge is 0.337 e. The number of hydrogen-bond donors (Lipinski definition) is 1. The smallest absolute Gasteiger partial charge is 0.318 e. The Labute approximate surface area is 100 Å². The molecular formula is C11H18N4O2. The molecule has 1 aromatic rings. The van der Waals surface area contributed by atoms with Crippen molar-refractivity contribution in [3.8, 4) is 0 Å². The minimum atomic E-state index is -0.0741. The van der Waals surface area contributed by atoms with E-state index in [0.717, 1.165) is 19.4 Å². The van der Waals surface area contributed by atoms with Gasteiger partial charge < -0.3 is 14.7 Å². The van der Waals surface area contributed by atoms with Crippen molar-refractivity contribution in [2.24, 2.45) is 0 Å². The summed E-state index contributed by atoms with van der Waals surface area (Å²) in [6.07, 6.45) is 1.85. The Morgan fingerprint density at radius 1 is 1.59 bits per heavy atom. The second-order valence-electron chi connectivity index (χ2n) is 4.64. The molecule has 2 rings (SSSR count). The first-order chi connectivity index (χ1) is 8.08. The summed E-state index contributed by atoms with van der Waals surface area (Å²) in [5, 5.41) is 6.66. The summed E-state index contributed by atoms with van der Waals surface area (Å²) in [7, 11) is 0. The van der Waals surface area contributed by atoms with Gasteiger partial charge in [0.05, 0.1) is 0 Å². The van der Waals surface area contributed by atoms with Gasteiger partial charge in [0, 0.05) is 12.6 Å². The van der Waals surface area contributed by atoms with E-state index >= 15 is 0 Å². The number of aromatic nitrogens is 2. The summed E-state index contributed by atoms with van der Waals surface area (Å²) in [5.74, 6) is 1.15. The molecule has 0 saturated carbocycles. The summed E-state index contributed by atoms with van der Waals surface area (Å²) < 4.78 is 5.15. The Balaban J connectivity index is 2.09. The monoisotopic (exact) mass is 238 g/mol. The molecule has 1 aliphatic heterocycles. The van der Waals surface area contributed by atoms with Crippen molar-refractivity contribution in [3.63, 3.8) is 0 Å². The highest BCUT2D eigenvalue weighted by molar-refractivity contribution is 5.75. The van der Waals surface area contributed by atoms with E-state index in [9.17, 15) is 4.79 Å². The summed E-state index contributed by atoms with van der Waals surface area (Å²) in [6.45, 7) is 6.41. The van der Waals surface area contributed by atoms with Gasteiger partial charge in [-0.3, -0.25) is 0 Å². The SMILES string of the molecule is Cc1noc(C2CCCN2C(=O)NC(C)C)n1. The molecule has 0 radical (unpaired) electrons. The number of nitrogens with zero attached hydrogens (tertiary/aromatic N) is 3. The van der Waals surface area contributed by atoms with Gasteiger partial charge in [-0.1, -0.05) is 5.16 Å². The summed E-state index contributed by atoms with van der Waals surface area (Å²) in [5.41, 5.74) is 0. The third kappa shape index (κ3) is 2.57. The average molecular weight is 238 g/mol. The van der Waals surface area contributed by atoms with Gasteiger partial charge in [0.1, 0.15) is 6.04 Å². The maximum Gasteiger partial charge on any atom is 0.318 e. The lowest BCUT2D eigenvalue weighted by atomic mass is 10.2. The molecule has 6 nitrogen and oxygen atoms in total. The van der Waals surface area contributed by atoms with Crippen molar-refractivity contribution in [1.29, 1.82) is 0 Å². The first-order valence-electron chi connectivity index (χ1n) is 5.95. The van der Waals surface area contributed by atoms with E-state index in [0.29, 0.717) is 11.7 Å². The normalized spacial score (nSPS) is 20.0. The highest BCUT2D eigenvalue weighted by Gasteiger charge is 2.33. The lowest BCUT2D eigenvalue weighted by molar-refractivity contribution is 0.178. The molecule has 0 spiro atoms. The Morgan fingerprint density at radius 2 is 2.35 bits per heavy atom. The van der Waals surface area contributed by atoms with Crippen LogP contribution < -0.4 is 5.32 Å². The molecular weight excluding hydrogens is 220 g/mol. The van der Waals surface area contributed by atoms with Crippen LogP contribution in [-0.4, -0.2) is 33.7 Å². The van der Waals surface area contributed by atoms with E-state index in [2.05, 4.69) is 15.5 Å². The number of carbonyl (C=O) groups is 1. The van der Waals surface area contributed by atoms with Gasteiger partial charge in [0.15, 0.2) is 5.82 Å². The molecule has 1 aromatic heterocycles. The number of likely N-dealkylation sites (tertiary alicyclic amines) is 1. The molecule has 94 valence electrons. The Bertz CT molecular complexity index is 402. The molecule has 1 N–H and O–H groups in total. The molecule has 17 heavy (non-hydrogen) atoms. The van der Waals surface area contributed by atoms with E-state index in [-0.39, 0.29) is 18.1 Å². The van der Waals surface area contributed by atoms with Crippen LogP contribution in [0.25, 0.3) is 0 Å². The van der Waals surface area contributed by atoms with Crippen LogP contribution in [0.4, 0.5) is 4.79 Å². The number of aryl methyl sites for hydroxylation is 1. The van der Waals surface area contributed by atoms with Gasteiger partial charge in [-0.15, -0.1) is 0 Å². The van der Waals surface area contributed by atoms with Crippen molar-refractivity contribution in [2.45, 2.75) is 45.7 Å². The lowest BCUT2D eigenvalue weighted by Gasteiger charge is -2.23. The third-order valence-electron chi connectivity index (χ3n) is 2.75. The first-order valence-corrected chi connectivity index (χ1v) is 5.95. The molecule has 1 fully saturated rings. The first kappa shape index (κ1) is 11.9. The lowest BCUT2D eigenvalue weighted by Crippen LogP contribution is -2.42. The Kier molecular flexibility index (Phi) is 3.31. The molecule has 6 heteroatoms. The minimum Gasteiger partial charge on any atom is -0.337 e. The predicted molar refractivity (Wildman–Crippen MR) is 61.4 cm³/mol. The van der Waals surface area contributed by atoms with Gasteiger partial charge in [-0.25, -0.2) is 4.79 Å². The van der Waals surface area contributed by atoms with E-state index in [1.54, 1.807) is 11.8 Å². The van der Waals surface area contributed by atoms with Crippen LogP contribution >= 0.6 is 0 Å². The number of hydrogen-bond acceptors (Lipinski definition) is 4. The number of rotatable bonds is 2.